The number of hydrogen-bond acceptors (Lipinski definition) is 1. The number of halogens is 3. The summed E-state index contributed by atoms with van der Waals surface area (Å²) in [5.74, 6) is 0. The molecule has 54 valence electrons. The summed E-state index contributed by atoms with van der Waals surface area (Å²) in [5.41, 5.74) is 0. The Bertz CT molecular complexity index is 94.9. The summed E-state index contributed by atoms with van der Waals surface area (Å²) < 4.78 is -0.690. The monoisotopic (exact) mass is 187 g/mol. The molecule has 0 heterocycles. The molecule has 0 saturated carbocycles. The molecular formula is C5H8Cl3N. The van der Waals surface area contributed by atoms with Crippen LogP contribution < -0.4 is 4.84 Å². The van der Waals surface area contributed by atoms with E-state index < -0.39 is 4.33 Å². The van der Waals surface area contributed by atoms with E-state index in [0.717, 1.165) is 0 Å². The van der Waals surface area contributed by atoms with Crippen molar-refractivity contribution in [1.82, 2.24) is 4.84 Å². The molecule has 0 fully saturated rings. The molecule has 0 aliphatic rings. The van der Waals surface area contributed by atoms with Crippen LogP contribution >= 0.6 is 35.0 Å². The van der Waals surface area contributed by atoms with Crippen LogP contribution in [0.2, 0.25) is 0 Å². The quantitative estimate of drug-likeness (QED) is 0.530. The summed E-state index contributed by atoms with van der Waals surface area (Å²) in [6.45, 7) is 1.72. The number of alkyl halides is 2. The zero-order chi connectivity index (χ0) is 7.33. The Labute approximate surface area is 70.1 Å². The Kier molecular flexibility index (Phi) is 4.46. The van der Waals surface area contributed by atoms with E-state index in [1.165, 1.54) is 0 Å². The topological polar surface area (TPSA) is 12.0 Å². The maximum atomic E-state index is 5.61. The molecule has 0 aliphatic heterocycles. The molecule has 9 heavy (non-hydrogen) atoms. The molecule has 0 unspecified atom stereocenters. The van der Waals surface area contributed by atoms with E-state index in [2.05, 4.69) is 4.84 Å². The number of hydrogen-bond donors (Lipinski definition) is 1. The van der Waals surface area contributed by atoms with Gasteiger partial charge in [0.05, 0.1) is 0 Å². The van der Waals surface area contributed by atoms with Crippen LogP contribution in [-0.2, 0) is 0 Å². The Morgan fingerprint density at radius 2 is 2.11 bits per heavy atom. The molecule has 4 heteroatoms. The minimum atomic E-state index is -0.690. The normalized spacial score (nSPS) is 12.4. The predicted molar refractivity (Wildman–Crippen MR) is 42.9 cm³/mol. The highest BCUT2D eigenvalue weighted by atomic mass is 35.5. The number of rotatable bonds is 3. The van der Waals surface area contributed by atoms with Gasteiger partial charge in [-0.05, 0) is 13.3 Å². The number of allylic oxidation sites excluding steroid dienone is 1. The molecular weight excluding hydrogens is 180 g/mol. The van der Waals surface area contributed by atoms with Gasteiger partial charge < -0.3 is 4.84 Å². The first-order chi connectivity index (χ1) is 4.06. The first-order valence-corrected chi connectivity index (χ1v) is 3.58. The first-order valence-electron chi connectivity index (χ1n) is 2.45. The van der Waals surface area contributed by atoms with Crippen molar-refractivity contribution in [3.05, 3.63) is 12.3 Å². The summed E-state index contributed by atoms with van der Waals surface area (Å²) in [7, 11) is 0. The molecule has 0 atom stereocenters. The largest absolute Gasteiger partial charge is 0.306 e. The van der Waals surface area contributed by atoms with Crippen LogP contribution in [-0.4, -0.2) is 4.33 Å². The van der Waals surface area contributed by atoms with Gasteiger partial charge in [-0.1, -0.05) is 6.08 Å². The smallest absolute Gasteiger partial charge is 0.119 e. The molecule has 0 aliphatic carbocycles. The lowest BCUT2D eigenvalue weighted by molar-refractivity contribution is 0.880. The third-order valence-corrected chi connectivity index (χ3v) is 1.09. The van der Waals surface area contributed by atoms with Crippen LogP contribution in [0.5, 0.6) is 0 Å². The van der Waals surface area contributed by atoms with Crippen LogP contribution in [0.3, 0.4) is 0 Å². The van der Waals surface area contributed by atoms with E-state index >= 15 is 0 Å². The van der Waals surface area contributed by atoms with Gasteiger partial charge >= 0.3 is 0 Å². The van der Waals surface area contributed by atoms with Crippen LogP contribution in [0.4, 0.5) is 0 Å². The lowest BCUT2D eigenvalue weighted by Crippen LogP contribution is -2.03. The zero-order valence-electron chi connectivity index (χ0n) is 5.00. The van der Waals surface area contributed by atoms with E-state index in [1.54, 1.807) is 19.2 Å². The lowest BCUT2D eigenvalue weighted by Gasteiger charge is -2.07. The minimum Gasteiger partial charge on any atom is -0.306 e. The van der Waals surface area contributed by atoms with Gasteiger partial charge in [0.25, 0.3) is 0 Å². The molecule has 0 spiro atoms. The van der Waals surface area contributed by atoms with Gasteiger partial charge in [0, 0.05) is 18.0 Å². The van der Waals surface area contributed by atoms with Crippen molar-refractivity contribution in [3.63, 3.8) is 0 Å². The molecule has 0 aromatic carbocycles. The van der Waals surface area contributed by atoms with Crippen LogP contribution in [0, 0.1) is 0 Å². The lowest BCUT2D eigenvalue weighted by atomic mass is 10.3. The highest BCUT2D eigenvalue weighted by Crippen LogP contribution is 2.23. The van der Waals surface area contributed by atoms with Crippen LogP contribution in [0.25, 0.3) is 0 Å². The molecule has 0 radical (unpaired) electrons. The predicted octanol–water partition coefficient (Wildman–Crippen LogP) is 2.83. The Balaban J connectivity index is 3.38. The second-order valence-electron chi connectivity index (χ2n) is 1.79. The van der Waals surface area contributed by atoms with E-state index in [0.29, 0.717) is 6.42 Å². The minimum absolute atomic E-state index is 0.579. The van der Waals surface area contributed by atoms with Gasteiger partial charge in [-0.25, -0.2) is 0 Å². The molecule has 0 aromatic heterocycles. The maximum absolute atomic E-state index is 5.61. The van der Waals surface area contributed by atoms with Crippen molar-refractivity contribution < 1.29 is 0 Å². The van der Waals surface area contributed by atoms with Crippen LogP contribution in [0.1, 0.15) is 13.3 Å². The SMILES string of the molecule is CC(Cl)(Cl)C/C=C/NCl. The molecule has 0 bridgehead atoms. The number of nitrogens with one attached hydrogen (secondary N) is 1. The Morgan fingerprint density at radius 1 is 1.56 bits per heavy atom. The van der Waals surface area contributed by atoms with Crippen molar-refractivity contribution in [1.29, 1.82) is 0 Å². The zero-order valence-corrected chi connectivity index (χ0v) is 7.26. The van der Waals surface area contributed by atoms with Crippen molar-refractivity contribution in [2.24, 2.45) is 0 Å². The third-order valence-electron chi connectivity index (χ3n) is 0.657. The molecule has 1 N–H and O–H groups in total. The summed E-state index contributed by atoms with van der Waals surface area (Å²) in [5, 5.41) is 0. The summed E-state index contributed by atoms with van der Waals surface area (Å²) in [4.78, 5) is 2.31. The van der Waals surface area contributed by atoms with E-state index in [4.69, 9.17) is 35.0 Å². The van der Waals surface area contributed by atoms with Crippen LogP contribution in [0.15, 0.2) is 12.3 Å². The average molecular weight is 188 g/mol. The van der Waals surface area contributed by atoms with Crippen molar-refractivity contribution in [2.45, 2.75) is 17.7 Å². The molecule has 0 amide bonds. The molecule has 0 saturated heterocycles. The van der Waals surface area contributed by atoms with Gasteiger partial charge in [-0.15, -0.1) is 23.2 Å². The van der Waals surface area contributed by atoms with Crippen molar-refractivity contribution >= 4 is 35.0 Å². The second kappa shape index (κ2) is 4.26. The summed E-state index contributed by atoms with van der Waals surface area (Å²) in [6.07, 6.45) is 3.91. The van der Waals surface area contributed by atoms with Gasteiger partial charge in [0.15, 0.2) is 0 Å². The maximum Gasteiger partial charge on any atom is 0.119 e. The highest BCUT2D eigenvalue weighted by Gasteiger charge is 2.12. The van der Waals surface area contributed by atoms with E-state index in [1.807, 2.05) is 0 Å². The standard InChI is InChI=1S/C5H8Cl3N/c1-5(6,7)3-2-4-9-8/h2,4,9H,3H2,1H3/b4-2+. The molecule has 0 aromatic rings. The second-order valence-corrected chi connectivity index (χ2v) is 3.87. The van der Waals surface area contributed by atoms with E-state index in [-0.39, 0.29) is 0 Å². The van der Waals surface area contributed by atoms with E-state index in [9.17, 15) is 0 Å². The fourth-order valence-corrected chi connectivity index (χ4v) is 0.578. The average Bonchev–Trinajstić information content (AvgIpc) is 1.63. The third kappa shape index (κ3) is 8.41. The van der Waals surface area contributed by atoms with Gasteiger partial charge in [0.1, 0.15) is 4.33 Å². The Morgan fingerprint density at radius 3 is 2.44 bits per heavy atom. The van der Waals surface area contributed by atoms with Gasteiger partial charge in [0.2, 0.25) is 0 Å². The molecule has 1 nitrogen and oxygen atoms in total. The summed E-state index contributed by atoms with van der Waals surface area (Å²) >= 11 is 16.3. The molecule has 0 rings (SSSR count). The van der Waals surface area contributed by atoms with Gasteiger partial charge in [-0.2, -0.15) is 0 Å². The fourth-order valence-electron chi connectivity index (χ4n) is 0.310. The summed E-state index contributed by atoms with van der Waals surface area (Å²) in [6, 6.07) is 0. The van der Waals surface area contributed by atoms with Gasteiger partial charge in [-0.3, -0.25) is 0 Å². The first kappa shape index (κ1) is 9.41. The van der Waals surface area contributed by atoms with Crippen molar-refractivity contribution in [2.75, 3.05) is 0 Å². The fraction of sp³-hybridized carbons (Fsp3) is 0.600. The Hall–Kier alpha value is 0.410. The highest BCUT2D eigenvalue weighted by molar-refractivity contribution is 6.48. The van der Waals surface area contributed by atoms with Crippen molar-refractivity contribution in [3.8, 4) is 0 Å².